The molecule has 2 amide bonds. The van der Waals surface area contributed by atoms with E-state index in [4.69, 9.17) is 0 Å². The Morgan fingerprint density at radius 2 is 1.90 bits per heavy atom. The fourth-order valence-electron chi connectivity index (χ4n) is 2.26. The van der Waals surface area contributed by atoms with Crippen LogP contribution in [0.2, 0.25) is 0 Å². The summed E-state index contributed by atoms with van der Waals surface area (Å²) in [7, 11) is 0. The summed E-state index contributed by atoms with van der Waals surface area (Å²) in [6.07, 6.45) is 4.90. The lowest BCUT2D eigenvalue weighted by Crippen LogP contribution is -2.37. The van der Waals surface area contributed by atoms with Crippen LogP contribution >= 0.6 is 0 Å². The van der Waals surface area contributed by atoms with Crippen molar-refractivity contribution < 1.29 is 9.59 Å². The van der Waals surface area contributed by atoms with Gasteiger partial charge in [-0.3, -0.25) is 9.59 Å². The second kappa shape index (κ2) is 5.21. The largest absolute Gasteiger partial charge is 0.344 e. The molecule has 0 radical (unpaired) electrons. The van der Waals surface area contributed by atoms with Crippen LogP contribution in [-0.2, 0) is 9.59 Å². The van der Waals surface area contributed by atoms with Crippen LogP contribution in [0.25, 0.3) is 5.69 Å². The lowest BCUT2D eigenvalue weighted by molar-refractivity contribution is -0.122. The Balaban J connectivity index is 1.66. The molecule has 5 heteroatoms. The van der Waals surface area contributed by atoms with Crippen molar-refractivity contribution in [3.8, 4) is 5.69 Å². The molecule has 3 rings (SSSR count). The SMILES string of the molecule is O=C1CCC(C(=O)Nc2ccc(-n3cccc3)cc2)N1. The number of hydrogen-bond acceptors (Lipinski definition) is 2. The van der Waals surface area contributed by atoms with Crippen LogP contribution in [0.5, 0.6) is 0 Å². The van der Waals surface area contributed by atoms with Gasteiger partial charge in [0, 0.05) is 30.2 Å². The van der Waals surface area contributed by atoms with Crippen LogP contribution in [0.3, 0.4) is 0 Å². The molecule has 1 atom stereocenters. The van der Waals surface area contributed by atoms with Gasteiger partial charge < -0.3 is 15.2 Å². The number of nitrogens with one attached hydrogen (secondary N) is 2. The molecule has 1 aliphatic heterocycles. The van der Waals surface area contributed by atoms with E-state index < -0.39 is 6.04 Å². The van der Waals surface area contributed by atoms with Crippen molar-refractivity contribution in [3.63, 3.8) is 0 Å². The first-order valence-electron chi connectivity index (χ1n) is 6.56. The Labute approximate surface area is 116 Å². The lowest BCUT2D eigenvalue weighted by atomic mass is 10.2. The first-order valence-corrected chi connectivity index (χ1v) is 6.56. The molecule has 0 aliphatic carbocycles. The van der Waals surface area contributed by atoms with Gasteiger partial charge in [0.2, 0.25) is 11.8 Å². The Morgan fingerprint density at radius 1 is 1.20 bits per heavy atom. The molecular weight excluding hydrogens is 254 g/mol. The summed E-state index contributed by atoms with van der Waals surface area (Å²) >= 11 is 0. The molecule has 1 aromatic heterocycles. The highest BCUT2D eigenvalue weighted by atomic mass is 16.2. The highest BCUT2D eigenvalue weighted by Crippen LogP contribution is 2.15. The third kappa shape index (κ3) is 2.56. The van der Waals surface area contributed by atoms with E-state index in [9.17, 15) is 9.59 Å². The lowest BCUT2D eigenvalue weighted by Gasteiger charge is -2.11. The molecule has 1 unspecified atom stereocenters. The van der Waals surface area contributed by atoms with Gasteiger partial charge in [-0.15, -0.1) is 0 Å². The number of amides is 2. The Morgan fingerprint density at radius 3 is 2.50 bits per heavy atom. The van der Waals surface area contributed by atoms with Crippen molar-refractivity contribution in [3.05, 3.63) is 48.8 Å². The Hall–Kier alpha value is -2.56. The highest BCUT2D eigenvalue weighted by molar-refractivity contribution is 5.99. The minimum absolute atomic E-state index is 0.0619. The Bertz CT molecular complexity index is 617. The number of carbonyl (C=O) groups is 2. The molecule has 0 saturated carbocycles. The van der Waals surface area contributed by atoms with E-state index in [2.05, 4.69) is 10.6 Å². The van der Waals surface area contributed by atoms with Gasteiger partial charge >= 0.3 is 0 Å². The number of rotatable bonds is 3. The number of benzene rings is 1. The van der Waals surface area contributed by atoms with Crippen molar-refractivity contribution in [2.75, 3.05) is 5.32 Å². The van der Waals surface area contributed by atoms with E-state index in [1.165, 1.54) is 0 Å². The molecule has 2 aromatic rings. The average molecular weight is 269 g/mol. The van der Waals surface area contributed by atoms with Crippen molar-refractivity contribution in [1.29, 1.82) is 0 Å². The summed E-state index contributed by atoms with van der Waals surface area (Å²) in [4.78, 5) is 23.0. The van der Waals surface area contributed by atoms with Crippen LogP contribution in [0.1, 0.15) is 12.8 Å². The molecule has 1 fully saturated rings. The molecule has 1 aliphatic rings. The topological polar surface area (TPSA) is 63.1 Å². The second-order valence-electron chi connectivity index (χ2n) is 4.79. The van der Waals surface area contributed by atoms with Gasteiger partial charge in [0.25, 0.3) is 0 Å². The van der Waals surface area contributed by atoms with Crippen molar-refractivity contribution in [2.24, 2.45) is 0 Å². The first-order chi connectivity index (χ1) is 9.72. The number of anilines is 1. The van der Waals surface area contributed by atoms with Crippen LogP contribution < -0.4 is 10.6 Å². The van der Waals surface area contributed by atoms with E-state index in [1.54, 1.807) is 0 Å². The third-order valence-electron chi connectivity index (χ3n) is 3.35. The fourth-order valence-corrected chi connectivity index (χ4v) is 2.26. The van der Waals surface area contributed by atoms with E-state index in [1.807, 2.05) is 53.4 Å². The van der Waals surface area contributed by atoms with Crippen molar-refractivity contribution in [2.45, 2.75) is 18.9 Å². The summed E-state index contributed by atoms with van der Waals surface area (Å²) in [5.74, 6) is -0.224. The van der Waals surface area contributed by atoms with E-state index in [-0.39, 0.29) is 11.8 Å². The zero-order chi connectivity index (χ0) is 13.9. The number of carbonyl (C=O) groups excluding carboxylic acids is 2. The van der Waals surface area contributed by atoms with Crippen LogP contribution in [0.4, 0.5) is 5.69 Å². The van der Waals surface area contributed by atoms with Crippen LogP contribution in [-0.4, -0.2) is 22.4 Å². The number of aromatic nitrogens is 1. The summed E-state index contributed by atoms with van der Waals surface area (Å²) < 4.78 is 1.99. The predicted molar refractivity (Wildman–Crippen MR) is 75.6 cm³/mol. The van der Waals surface area contributed by atoms with Gasteiger partial charge in [0.1, 0.15) is 6.04 Å². The molecule has 102 valence electrons. The maximum atomic E-state index is 11.9. The standard InChI is InChI=1S/C15H15N3O2/c19-14-8-7-13(17-14)15(20)16-11-3-5-12(6-4-11)18-9-1-2-10-18/h1-6,9-10,13H,7-8H2,(H,16,20)(H,17,19). The van der Waals surface area contributed by atoms with Gasteiger partial charge in [-0.05, 0) is 42.8 Å². The third-order valence-corrected chi connectivity index (χ3v) is 3.35. The van der Waals surface area contributed by atoms with Crippen LogP contribution in [0, 0.1) is 0 Å². The maximum Gasteiger partial charge on any atom is 0.246 e. The van der Waals surface area contributed by atoms with Crippen molar-refractivity contribution >= 4 is 17.5 Å². The Kier molecular flexibility index (Phi) is 3.25. The second-order valence-corrected chi connectivity index (χ2v) is 4.79. The van der Waals surface area contributed by atoms with Crippen LogP contribution in [0.15, 0.2) is 48.8 Å². The molecule has 2 N–H and O–H groups in total. The summed E-state index contributed by atoms with van der Waals surface area (Å²) in [6, 6.07) is 11.1. The van der Waals surface area contributed by atoms with Crippen molar-refractivity contribution in [1.82, 2.24) is 9.88 Å². The average Bonchev–Trinajstić information content (AvgIpc) is 3.10. The van der Waals surface area contributed by atoms with E-state index >= 15 is 0 Å². The van der Waals surface area contributed by atoms with Gasteiger partial charge in [-0.1, -0.05) is 0 Å². The fraction of sp³-hybridized carbons (Fsp3) is 0.200. The molecule has 5 nitrogen and oxygen atoms in total. The summed E-state index contributed by atoms with van der Waals surface area (Å²) in [6.45, 7) is 0. The molecular formula is C15H15N3O2. The summed E-state index contributed by atoms with van der Waals surface area (Å²) in [5.41, 5.74) is 1.76. The van der Waals surface area contributed by atoms with E-state index in [0.717, 1.165) is 11.4 Å². The minimum atomic E-state index is -0.411. The van der Waals surface area contributed by atoms with Gasteiger partial charge in [-0.25, -0.2) is 0 Å². The molecule has 0 spiro atoms. The number of nitrogens with zero attached hydrogens (tertiary/aromatic N) is 1. The number of hydrogen-bond donors (Lipinski definition) is 2. The first kappa shape index (κ1) is 12.5. The highest BCUT2D eigenvalue weighted by Gasteiger charge is 2.26. The monoisotopic (exact) mass is 269 g/mol. The summed E-state index contributed by atoms with van der Waals surface area (Å²) in [5, 5.41) is 5.47. The zero-order valence-corrected chi connectivity index (χ0v) is 10.9. The zero-order valence-electron chi connectivity index (χ0n) is 10.9. The predicted octanol–water partition coefficient (Wildman–Crippen LogP) is 1.69. The quantitative estimate of drug-likeness (QED) is 0.890. The maximum absolute atomic E-state index is 11.9. The molecule has 20 heavy (non-hydrogen) atoms. The minimum Gasteiger partial charge on any atom is -0.344 e. The van der Waals surface area contributed by atoms with Gasteiger partial charge in [0.05, 0.1) is 0 Å². The smallest absolute Gasteiger partial charge is 0.246 e. The molecule has 2 heterocycles. The molecule has 1 saturated heterocycles. The molecule has 0 bridgehead atoms. The van der Waals surface area contributed by atoms with Gasteiger partial charge in [-0.2, -0.15) is 0 Å². The van der Waals surface area contributed by atoms with E-state index in [0.29, 0.717) is 12.8 Å². The normalized spacial score (nSPS) is 17.8. The van der Waals surface area contributed by atoms with Gasteiger partial charge in [0.15, 0.2) is 0 Å². The molecule has 1 aromatic carbocycles.